The number of amides is 1. The first-order chi connectivity index (χ1) is 12.5. The summed E-state index contributed by atoms with van der Waals surface area (Å²) in [4.78, 5) is 14.6. The highest BCUT2D eigenvalue weighted by molar-refractivity contribution is 7.89. The second kappa shape index (κ2) is 8.01. The van der Waals surface area contributed by atoms with Crippen LogP contribution < -0.4 is 0 Å². The summed E-state index contributed by atoms with van der Waals surface area (Å²) in [6.07, 6.45) is 0.440. The van der Waals surface area contributed by atoms with Crippen molar-refractivity contribution < 1.29 is 13.2 Å². The molecular formula is C20H24N2O3S. The zero-order chi connectivity index (χ0) is 18.6. The molecule has 1 heterocycles. The van der Waals surface area contributed by atoms with Crippen LogP contribution in [-0.2, 0) is 14.8 Å². The fourth-order valence-corrected chi connectivity index (χ4v) is 4.65. The van der Waals surface area contributed by atoms with Gasteiger partial charge < -0.3 is 4.90 Å². The average Bonchev–Trinajstić information content (AvgIpc) is 2.69. The molecule has 2 aromatic rings. The van der Waals surface area contributed by atoms with Crippen molar-refractivity contribution in [3.05, 3.63) is 66.2 Å². The van der Waals surface area contributed by atoms with Gasteiger partial charge in [0.25, 0.3) is 0 Å². The van der Waals surface area contributed by atoms with Crippen LogP contribution >= 0.6 is 0 Å². The Morgan fingerprint density at radius 1 is 0.923 bits per heavy atom. The Kier molecular flexibility index (Phi) is 5.74. The highest BCUT2D eigenvalue weighted by Crippen LogP contribution is 2.21. The Hall–Kier alpha value is -2.18. The summed E-state index contributed by atoms with van der Waals surface area (Å²) in [6.45, 7) is 3.59. The first-order valence-corrected chi connectivity index (χ1v) is 10.3. The number of rotatable bonds is 5. The lowest BCUT2D eigenvalue weighted by molar-refractivity contribution is -0.132. The van der Waals surface area contributed by atoms with Crippen molar-refractivity contribution in [2.75, 3.05) is 26.2 Å². The highest BCUT2D eigenvalue weighted by atomic mass is 32.2. The SMILES string of the molecule is CC(CC(=O)N1CCN(S(=O)(=O)c2ccccc2)CC1)c1ccccc1. The maximum Gasteiger partial charge on any atom is 0.243 e. The molecule has 2 aromatic carbocycles. The molecule has 1 fully saturated rings. The quantitative estimate of drug-likeness (QED) is 0.811. The number of hydrogen-bond acceptors (Lipinski definition) is 3. The summed E-state index contributed by atoms with van der Waals surface area (Å²) >= 11 is 0. The standard InChI is InChI=1S/C20H24N2O3S/c1-17(18-8-4-2-5-9-18)16-20(23)21-12-14-22(15-13-21)26(24,25)19-10-6-3-7-11-19/h2-11,17H,12-16H2,1H3. The van der Waals surface area contributed by atoms with Gasteiger partial charge in [0.05, 0.1) is 4.90 Å². The largest absolute Gasteiger partial charge is 0.340 e. The summed E-state index contributed by atoms with van der Waals surface area (Å²) in [5, 5.41) is 0. The van der Waals surface area contributed by atoms with E-state index in [0.29, 0.717) is 37.5 Å². The lowest BCUT2D eigenvalue weighted by Gasteiger charge is -2.34. The van der Waals surface area contributed by atoms with Gasteiger partial charge in [0, 0.05) is 32.6 Å². The third-order valence-corrected chi connectivity index (χ3v) is 6.73. The molecule has 3 rings (SSSR count). The normalized spacial score (nSPS) is 17.0. The van der Waals surface area contributed by atoms with Gasteiger partial charge in [-0.3, -0.25) is 4.79 Å². The Labute approximate surface area is 155 Å². The van der Waals surface area contributed by atoms with E-state index in [4.69, 9.17) is 0 Å². The number of hydrogen-bond donors (Lipinski definition) is 0. The first-order valence-electron chi connectivity index (χ1n) is 8.86. The molecule has 1 aliphatic rings. The van der Waals surface area contributed by atoms with E-state index >= 15 is 0 Å². The van der Waals surface area contributed by atoms with Crippen LogP contribution in [0.15, 0.2) is 65.6 Å². The molecule has 1 unspecified atom stereocenters. The van der Waals surface area contributed by atoms with Crippen LogP contribution in [0.4, 0.5) is 0 Å². The summed E-state index contributed by atoms with van der Waals surface area (Å²) in [5.41, 5.74) is 1.14. The predicted molar refractivity (Wildman–Crippen MR) is 101 cm³/mol. The number of benzene rings is 2. The molecule has 0 saturated carbocycles. The zero-order valence-corrected chi connectivity index (χ0v) is 15.7. The summed E-state index contributed by atoms with van der Waals surface area (Å²) < 4.78 is 26.8. The molecule has 0 N–H and O–H groups in total. The summed E-state index contributed by atoms with van der Waals surface area (Å²) in [5.74, 6) is 0.230. The molecule has 0 aromatic heterocycles. The zero-order valence-electron chi connectivity index (χ0n) is 14.9. The second-order valence-corrected chi connectivity index (χ2v) is 8.55. The molecule has 0 bridgehead atoms. The maximum atomic E-state index is 12.6. The van der Waals surface area contributed by atoms with E-state index in [9.17, 15) is 13.2 Å². The van der Waals surface area contributed by atoms with Crippen LogP contribution in [0.2, 0.25) is 0 Å². The van der Waals surface area contributed by atoms with Crippen LogP contribution in [0.1, 0.15) is 24.8 Å². The summed E-state index contributed by atoms with van der Waals surface area (Å²) in [7, 11) is -3.48. The van der Waals surface area contributed by atoms with Crippen LogP contribution in [0.5, 0.6) is 0 Å². The fourth-order valence-electron chi connectivity index (χ4n) is 3.21. The van der Waals surface area contributed by atoms with Crippen LogP contribution in [0.25, 0.3) is 0 Å². The fraction of sp³-hybridized carbons (Fsp3) is 0.350. The van der Waals surface area contributed by atoms with Crippen molar-refractivity contribution in [1.29, 1.82) is 0 Å². The lowest BCUT2D eigenvalue weighted by Crippen LogP contribution is -2.50. The average molecular weight is 372 g/mol. The van der Waals surface area contributed by atoms with Gasteiger partial charge >= 0.3 is 0 Å². The molecule has 1 aliphatic heterocycles. The second-order valence-electron chi connectivity index (χ2n) is 6.61. The molecule has 0 aliphatic carbocycles. The lowest BCUT2D eigenvalue weighted by atomic mass is 9.97. The Morgan fingerprint density at radius 3 is 2.04 bits per heavy atom. The van der Waals surface area contributed by atoms with Crippen LogP contribution in [0.3, 0.4) is 0 Å². The van der Waals surface area contributed by atoms with Crippen molar-refractivity contribution >= 4 is 15.9 Å². The molecule has 0 radical (unpaired) electrons. The highest BCUT2D eigenvalue weighted by Gasteiger charge is 2.30. The molecule has 138 valence electrons. The third-order valence-electron chi connectivity index (χ3n) is 4.82. The van der Waals surface area contributed by atoms with Crippen molar-refractivity contribution in [3.63, 3.8) is 0 Å². The Balaban J connectivity index is 1.57. The number of carbonyl (C=O) groups excluding carboxylic acids is 1. The van der Waals surface area contributed by atoms with Crippen molar-refractivity contribution in [3.8, 4) is 0 Å². The van der Waals surface area contributed by atoms with Gasteiger partial charge in [-0.2, -0.15) is 4.31 Å². The molecule has 6 heteroatoms. The number of carbonyl (C=O) groups is 1. The Morgan fingerprint density at radius 2 is 1.46 bits per heavy atom. The topological polar surface area (TPSA) is 57.7 Å². The van der Waals surface area contributed by atoms with Gasteiger partial charge in [0.1, 0.15) is 0 Å². The van der Waals surface area contributed by atoms with Gasteiger partial charge in [-0.1, -0.05) is 55.5 Å². The van der Waals surface area contributed by atoms with Gasteiger partial charge in [-0.25, -0.2) is 8.42 Å². The van der Waals surface area contributed by atoms with Crippen molar-refractivity contribution in [1.82, 2.24) is 9.21 Å². The van der Waals surface area contributed by atoms with Crippen LogP contribution in [0, 0.1) is 0 Å². The molecule has 26 heavy (non-hydrogen) atoms. The minimum atomic E-state index is -3.48. The summed E-state index contributed by atoms with van der Waals surface area (Å²) in [6, 6.07) is 18.4. The van der Waals surface area contributed by atoms with Crippen molar-refractivity contribution in [2.24, 2.45) is 0 Å². The van der Waals surface area contributed by atoms with Gasteiger partial charge in [-0.15, -0.1) is 0 Å². The van der Waals surface area contributed by atoms with E-state index in [-0.39, 0.29) is 11.8 Å². The van der Waals surface area contributed by atoms with E-state index in [1.807, 2.05) is 37.3 Å². The van der Waals surface area contributed by atoms with E-state index in [1.165, 1.54) is 4.31 Å². The van der Waals surface area contributed by atoms with E-state index in [0.717, 1.165) is 5.56 Å². The molecule has 1 atom stereocenters. The van der Waals surface area contributed by atoms with Gasteiger partial charge in [0.2, 0.25) is 15.9 Å². The molecular weight excluding hydrogens is 348 g/mol. The molecule has 5 nitrogen and oxygen atoms in total. The van der Waals surface area contributed by atoms with Crippen molar-refractivity contribution in [2.45, 2.75) is 24.2 Å². The minimum Gasteiger partial charge on any atom is -0.340 e. The minimum absolute atomic E-state index is 0.0816. The molecule has 1 amide bonds. The third kappa shape index (κ3) is 4.14. The molecule has 0 spiro atoms. The van der Waals surface area contributed by atoms with Crippen LogP contribution in [-0.4, -0.2) is 49.7 Å². The van der Waals surface area contributed by atoms with E-state index < -0.39 is 10.0 Å². The monoisotopic (exact) mass is 372 g/mol. The Bertz CT molecular complexity index is 830. The molecule has 1 saturated heterocycles. The maximum absolute atomic E-state index is 12.6. The van der Waals surface area contributed by atoms with E-state index in [2.05, 4.69) is 0 Å². The van der Waals surface area contributed by atoms with Gasteiger partial charge in [0.15, 0.2) is 0 Å². The number of piperazine rings is 1. The van der Waals surface area contributed by atoms with E-state index in [1.54, 1.807) is 35.2 Å². The first kappa shape index (κ1) is 18.6. The number of sulfonamides is 1. The predicted octanol–water partition coefficient (Wildman–Crippen LogP) is 2.71. The number of nitrogens with zero attached hydrogens (tertiary/aromatic N) is 2. The smallest absolute Gasteiger partial charge is 0.243 e. The van der Waals surface area contributed by atoms with Gasteiger partial charge in [-0.05, 0) is 23.6 Å².